The van der Waals surface area contributed by atoms with Gasteiger partial charge in [0.05, 0.1) is 10.6 Å². The summed E-state index contributed by atoms with van der Waals surface area (Å²) >= 11 is 0. The van der Waals surface area contributed by atoms with Crippen molar-refractivity contribution in [1.82, 2.24) is 14.8 Å². The predicted octanol–water partition coefficient (Wildman–Crippen LogP) is 0.469. The van der Waals surface area contributed by atoms with E-state index < -0.39 is 10.6 Å². The van der Waals surface area contributed by atoms with E-state index >= 15 is 0 Å². The maximum atomic E-state index is 10.8. The van der Waals surface area contributed by atoms with Crippen LogP contribution in [0.4, 0.5) is 5.69 Å². The third-order valence-corrected chi connectivity index (χ3v) is 1.83. The summed E-state index contributed by atoms with van der Waals surface area (Å²) in [4.78, 5) is 24.2. The lowest BCUT2D eigenvalue weighted by molar-refractivity contribution is -0.384. The molecule has 1 heterocycles. The highest BCUT2D eigenvalue weighted by molar-refractivity contribution is 5.42. The average Bonchev–Trinajstić information content (AvgIpc) is 2.65. The molecule has 76 valence electrons. The molecule has 0 radical (unpaired) electrons. The highest BCUT2D eigenvalue weighted by atomic mass is 16.6. The van der Waals surface area contributed by atoms with Crippen LogP contribution in [0, 0.1) is 10.1 Å². The molecule has 0 atom stereocenters. The lowest BCUT2D eigenvalue weighted by Crippen LogP contribution is -2.05. The first-order chi connectivity index (χ1) is 7.16. The van der Waals surface area contributed by atoms with Crippen LogP contribution >= 0.6 is 0 Å². The molecule has 0 saturated heterocycles. The number of nitrogens with one attached hydrogen (secondary N) is 1. The van der Waals surface area contributed by atoms with E-state index in [0.29, 0.717) is 5.69 Å². The number of aromatic nitrogens is 3. The lowest BCUT2D eigenvalue weighted by atomic mass is 10.3. The van der Waals surface area contributed by atoms with E-state index in [9.17, 15) is 14.9 Å². The third kappa shape index (κ3) is 1.75. The summed E-state index contributed by atoms with van der Waals surface area (Å²) in [5.41, 5.74) is -0.0534. The Balaban J connectivity index is 2.49. The second-order valence-corrected chi connectivity index (χ2v) is 2.81. The standard InChI is InChI=1S/C8H6N4O3/c13-8-9-5-11(10-8)6-2-1-3-7(4-6)12(14)15/h1-5H,(H,10,13). The SMILES string of the molecule is O=c1ncn(-c2cccc([N+](=O)[O-])c2)[nH]1. The van der Waals surface area contributed by atoms with E-state index in [1.165, 1.54) is 29.2 Å². The topological polar surface area (TPSA) is 93.8 Å². The van der Waals surface area contributed by atoms with Gasteiger partial charge in [-0.3, -0.25) is 10.1 Å². The first-order valence-electron chi connectivity index (χ1n) is 4.05. The quantitative estimate of drug-likeness (QED) is 0.570. The number of benzene rings is 1. The van der Waals surface area contributed by atoms with Gasteiger partial charge in [-0.05, 0) is 6.07 Å². The van der Waals surface area contributed by atoms with Crippen molar-refractivity contribution < 1.29 is 4.92 Å². The molecule has 0 unspecified atom stereocenters. The Morgan fingerprint density at radius 1 is 1.47 bits per heavy atom. The number of non-ortho nitro benzene ring substituents is 1. The number of nitro groups is 1. The Bertz CT molecular complexity index is 557. The lowest BCUT2D eigenvalue weighted by Gasteiger charge is -1.99. The van der Waals surface area contributed by atoms with E-state index in [1.54, 1.807) is 6.07 Å². The first-order valence-corrected chi connectivity index (χ1v) is 4.05. The van der Waals surface area contributed by atoms with Gasteiger partial charge in [-0.1, -0.05) is 6.07 Å². The summed E-state index contributed by atoms with van der Waals surface area (Å²) < 4.78 is 1.31. The summed E-state index contributed by atoms with van der Waals surface area (Å²) in [5.74, 6) is 0. The number of aromatic amines is 1. The second-order valence-electron chi connectivity index (χ2n) is 2.81. The van der Waals surface area contributed by atoms with Gasteiger partial charge in [-0.25, -0.2) is 14.6 Å². The molecule has 0 aliphatic carbocycles. The first kappa shape index (κ1) is 9.13. The summed E-state index contributed by atoms with van der Waals surface area (Å²) in [6.45, 7) is 0. The van der Waals surface area contributed by atoms with Crippen LogP contribution in [-0.2, 0) is 0 Å². The zero-order chi connectivity index (χ0) is 10.8. The number of nitrogens with zero attached hydrogens (tertiary/aromatic N) is 3. The van der Waals surface area contributed by atoms with Crippen LogP contribution in [0.5, 0.6) is 0 Å². The number of nitro benzene ring substituents is 1. The van der Waals surface area contributed by atoms with E-state index in [0.717, 1.165) is 0 Å². The van der Waals surface area contributed by atoms with E-state index in [2.05, 4.69) is 10.1 Å². The summed E-state index contributed by atoms with van der Waals surface area (Å²) in [6, 6.07) is 5.88. The maximum absolute atomic E-state index is 10.8. The fourth-order valence-electron chi connectivity index (χ4n) is 1.16. The summed E-state index contributed by atoms with van der Waals surface area (Å²) in [6.07, 6.45) is 1.27. The minimum atomic E-state index is -0.501. The Morgan fingerprint density at radius 2 is 2.27 bits per heavy atom. The van der Waals surface area contributed by atoms with Gasteiger partial charge in [0.2, 0.25) is 0 Å². The minimum Gasteiger partial charge on any atom is -0.258 e. The van der Waals surface area contributed by atoms with Crippen LogP contribution < -0.4 is 5.69 Å². The zero-order valence-corrected chi connectivity index (χ0v) is 7.45. The molecule has 1 N–H and O–H groups in total. The van der Waals surface area contributed by atoms with Gasteiger partial charge in [-0.2, -0.15) is 4.98 Å². The molecule has 0 saturated carbocycles. The van der Waals surface area contributed by atoms with Crippen molar-refractivity contribution in [3.05, 3.63) is 51.2 Å². The average molecular weight is 206 g/mol. The molecule has 0 amide bonds. The largest absolute Gasteiger partial charge is 0.361 e. The smallest absolute Gasteiger partial charge is 0.258 e. The summed E-state index contributed by atoms with van der Waals surface area (Å²) in [7, 11) is 0. The molecule has 0 aliphatic heterocycles. The van der Waals surface area contributed by atoms with E-state index in [4.69, 9.17) is 0 Å². The van der Waals surface area contributed by atoms with Crippen LogP contribution in [0.2, 0.25) is 0 Å². The Hall–Kier alpha value is -2.44. The highest BCUT2D eigenvalue weighted by Gasteiger charge is 2.06. The Morgan fingerprint density at radius 3 is 2.87 bits per heavy atom. The number of H-pyrrole nitrogens is 1. The van der Waals surface area contributed by atoms with E-state index in [1.807, 2.05) is 0 Å². The van der Waals surface area contributed by atoms with Crippen LogP contribution in [0.25, 0.3) is 5.69 Å². The Kier molecular flexibility index (Phi) is 2.05. The van der Waals surface area contributed by atoms with Crippen molar-refractivity contribution in [2.75, 3.05) is 0 Å². The molecule has 0 aliphatic rings. The van der Waals surface area contributed by atoms with Crippen molar-refractivity contribution in [3.63, 3.8) is 0 Å². The highest BCUT2D eigenvalue weighted by Crippen LogP contribution is 2.14. The molecular weight excluding hydrogens is 200 g/mol. The fourth-order valence-corrected chi connectivity index (χ4v) is 1.16. The fraction of sp³-hybridized carbons (Fsp3) is 0. The van der Waals surface area contributed by atoms with Crippen molar-refractivity contribution in [1.29, 1.82) is 0 Å². The van der Waals surface area contributed by atoms with Gasteiger partial charge in [0.1, 0.15) is 6.33 Å². The number of rotatable bonds is 2. The van der Waals surface area contributed by atoms with Crippen LogP contribution in [-0.4, -0.2) is 19.7 Å². The molecule has 2 rings (SSSR count). The molecule has 1 aromatic carbocycles. The maximum Gasteiger partial charge on any atom is 0.361 e. The molecule has 1 aromatic heterocycles. The third-order valence-electron chi connectivity index (χ3n) is 1.83. The van der Waals surface area contributed by atoms with Gasteiger partial charge < -0.3 is 0 Å². The van der Waals surface area contributed by atoms with Crippen LogP contribution in [0.15, 0.2) is 35.4 Å². The van der Waals surface area contributed by atoms with Gasteiger partial charge in [0.15, 0.2) is 0 Å². The van der Waals surface area contributed by atoms with E-state index in [-0.39, 0.29) is 5.69 Å². The van der Waals surface area contributed by atoms with Crippen LogP contribution in [0.1, 0.15) is 0 Å². The molecule has 0 spiro atoms. The van der Waals surface area contributed by atoms with Gasteiger partial charge in [-0.15, -0.1) is 0 Å². The van der Waals surface area contributed by atoms with Crippen molar-refractivity contribution >= 4 is 5.69 Å². The van der Waals surface area contributed by atoms with Gasteiger partial charge in [0.25, 0.3) is 5.69 Å². The molecule has 0 fully saturated rings. The monoisotopic (exact) mass is 206 g/mol. The molecule has 0 bridgehead atoms. The number of hydrogen-bond donors (Lipinski definition) is 1. The number of hydrogen-bond acceptors (Lipinski definition) is 4. The van der Waals surface area contributed by atoms with Crippen molar-refractivity contribution in [2.24, 2.45) is 0 Å². The molecular formula is C8H6N4O3. The predicted molar refractivity (Wildman–Crippen MR) is 50.8 cm³/mol. The normalized spacial score (nSPS) is 10.1. The Labute approximate surface area is 83.1 Å². The molecule has 7 nitrogen and oxygen atoms in total. The van der Waals surface area contributed by atoms with Crippen LogP contribution in [0.3, 0.4) is 0 Å². The summed E-state index contributed by atoms with van der Waals surface area (Å²) in [5, 5.41) is 12.9. The zero-order valence-electron chi connectivity index (χ0n) is 7.45. The van der Waals surface area contributed by atoms with Gasteiger partial charge in [0, 0.05) is 12.1 Å². The molecule has 7 heteroatoms. The van der Waals surface area contributed by atoms with Gasteiger partial charge >= 0.3 is 5.69 Å². The molecule has 2 aromatic rings. The van der Waals surface area contributed by atoms with Crippen molar-refractivity contribution in [2.45, 2.75) is 0 Å². The molecule has 15 heavy (non-hydrogen) atoms. The second kappa shape index (κ2) is 3.37. The minimum absolute atomic E-state index is 0.0398. The van der Waals surface area contributed by atoms with Crippen molar-refractivity contribution in [3.8, 4) is 5.69 Å².